The molecular formula is C31H31FO3. The van der Waals surface area contributed by atoms with E-state index in [9.17, 15) is 9.18 Å². The van der Waals surface area contributed by atoms with Crippen LogP contribution in [0.5, 0.6) is 0 Å². The highest BCUT2D eigenvalue weighted by Crippen LogP contribution is 2.47. The summed E-state index contributed by atoms with van der Waals surface area (Å²) in [5, 5.41) is 0. The maximum absolute atomic E-state index is 13.8. The average molecular weight is 471 g/mol. The normalized spacial score (nSPS) is 16.1. The first-order valence-electron chi connectivity index (χ1n) is 12.1. The van der Waals surface area contributed by atoms with Gasteiger partial charge in [0.05, 0.1) is 13.2 Å². The van der Waals surface area contributed by atoms with E-state index >= 15 is 0 Å². The van der Waals surface area contributed by atoms with Gasteiger partial charge in [-0.3, -0.25) is 4.79 Å². The monoisotopic (exact) mass is 470 g/mol. The van der Waals surface area contributed by atoms with Gasteiger partial charge in [0.25, 0.3) is 0 Å². The van der Waals surface area contributed by atoms with Crippen molar-refractivity contribution in [2.24, 2.45) is 5.92 Å². The molecule has 3 aromatic rings. The summed E-state index contributed by atoms with van der Waals surface area (Å²) in [5.41, 5.74) is 2.20. The van der Waals surface area contributed by atoms with Gasteiger partial charge in [-0.2, -0.15) is 0 Å². The van der Waals surface area contributed by atoms with Crippen molar-refractivity contribution < 1.29 is 18.7 Å². The maximum Gasteiger partial charge on any atom is 0.305 e. The first kappa shape index (κ1) is 24.6. The van der Waals surface area contributed by atoms with Gasteiger partial charge in [-0.1, -0.05) is 97.1 Å². The molecule has 4 rings (SSSR count). The van der Waals surface area contributed by atoms with Crippen molar-refractivity contribution in [1.82, 2.24) is 0 Å². The number of ether oxygens (including phenoxy) is 2. The van der Waals surface area contributed by atoms with Gasteiger partial charge in [0, 0.05) is 12.3 Å². The molecule has 0 N–H and O–H groups in total. The first-order valence-corrected chi connectivity index (χ1v) is 12.1. The van der Waals surface area contributed by atoms with E-state index in [1.54, 1.807) is 12.1 Å². The van der Waals surface area contributed by atoms with Gasteiger partial charge >= 0.3 is 5.97 Å². The predicted octanol–water partition coefficient (Wildman–Crippen LogP) is 7.30. The van der Waals surface area contributed by atoms with Crippen LogP contribution in [0.15, 0.2) is 109 Å². The van der Waals surface area contributed by atoms with Crippen LogP contribution in [0, 0.1) is 11.7 Å². The Hall–Kier alpha value is -3.50. The van der Waals surface area contributed by atoms with Crippen molar-refractivity contribution in [3.63, 3.8) is 0 Å². The summed E-state index contributed by atoms with van der Waals surface area (Å²) in [6, 6.07) is 27.0. The highest BCUT2D eigenvalue weighted by atomic mass is 19.1. The second-order valence-corrected chi connectivity index (χ2v) is 8.75. The topological polar surface area (TPSA) is 35.5 Å². The molecule has 0 saturated heterocycles. The molecule has 0 aliphatic heterocycles. The molecule has 0 bridgehead atoms. The average Bonchev–Trinajstić information content (AvgIpc) is 2.92. The second-order valence-electron chi connectivity index (χ2n) is 8.75. The quantitative estimate of drug-likeness (QED) is 0.292. The lowest BCUT2D eigenvalue weighted by Crippen LogP contribution is -2.40. The SMILES string of the molecule is COC(=O)CCC[C@H](OC(c1ccccc1)(c1ccccc1)C1C=CC=CC1)c1ccc(F)cc1. The fourth-order valence-corrected chi connectivity index (χ4v) is 4.80. The number of carbonyl (C=O) groups excluding carboxylic acids is 1. The largest absolute Gasteiger partial charge is 0.469 e. The third-order valence-corrected chi connectivity index (χ3v) is 6.55. The summed E-state index contributed by atoms with van der Waals surface area (Å²) < 4.78 is 25.9. The summed E-state index contributed by atoms with van der Waals surface area (Å²) in [4.78, 5) is 11.8. The van der Waals surface area contributed by atoms with Crippen LogP contribution in [0.3, 0.4) is 0 Å². The van der Waals surface area contributed by atoms with Crippen molar-refractivity contribution in [3.8, 4) is 0 Å². The molecular weight excluding hydrogens is 439 g/mol. The molecule has 0 radical (unpaired) electrons. The molecule has 180 valence electrons. The summed E-state index contributed by atoms with van der Waals surface area (Å²) in [5.74, 6) is -0.499. The van der Waals surface area contributed by atoms with Crippen LogP contribution in [0.4, 0.5) is 4.39 Å². The van der Waals surface area contributed by atoms with Gasteiger partial charge in [0.2, 0.25) is 0 Å². The van der Waals surface area contributed by atoms with Crippen molar-refractivity contribution in [3.05, 3.63) is 132 Å². The van der Waals surface area contributed by atoms with E-state index < -0.39 is 5.60 Å². The smallest absolute Gasteiger partial charge is 0.305 e. The molecule has 0 amide bonds. The van der Waals surface area contributed by atoms with Gasteiger partial charge in [0.1, 0.15) is 11.4 Å². The number of carbonyl (C=O) groups is 1. The number of benzene rings is 3. The third kappa shape index (κ3) is 5.77. The molecule has 3 nitrogen and oxygen atoms in total. The minimum atomic E-state index is -0.784. The Morgan fingerprint density at radius 2 is 1.57 bits per heavy atom. The molecule has 3 aromatic carbocycles. The molecule has 0 spiro atoms. The lowest BCUT2D eigenvalue weighted by atomic mass is 9.73. The molecule has 2 atom stereocenters. The fourth-order valence-electron chi connectivity index (χ4n) is 4.80. The Kier molecular flexibility index (Phi) is 8.27. The first-order chi connectivity index (χ1) is 17.1. The van der Waals surface area contributed by atoms with Crippen LogP contribution in [-0.4, -0.2) is 13.1 Å². The van der Waals surface area contributed by atoms with Gasteiger partial charge in [-0.15, -0.1) is 0 Å². The Morgan fingerprint density at radius 3 is 2.11 bits per heavy atom. The summed E-state index contributed by atoms with van der Waals surface area (Å²) in [6.07, 6.45) is 10.4. The van der Waals surface area contributed by atoms with Crippen LogP contribution >= 0.6 is 0 Å². The molecule has 0 aromatic heterocycles. The van der Waals surface area contributed by atoms with Crippen LogP contribution in [-0.2, 0) is 19.9 Å². The lowest BCUT2D eigenvalue weighted by Gasteiger charge is -2.43. The van der Waals surface area contributed by atoms with Crippen LogP contribution < -0.4 is 0 Å². The molecule has 0 heterocycles. The van der Waals surface area contributed by atoms with Gasteiger partial charge < -0.3 is 9.47 Å². The van der Waals surface area contributed by atoms with Gasteiger partial charge in [-0.05, 0) is 48.1 Å². The van der Waals surface area contributed by atoms with Crippen LogP contribution in [0.2, 0.25) is 0 Å². The summed E-state index contributed by atoms with van der Waals surface area (Å²) in [7, 11) is 1.40. The number of allylic oxidation sites excluding steroid dienone is 3. The number of hydrogen-bond acceptors (Lipinski definition) is 3. The molecule has 1 aliphatic carbocycles. The molecule has 1 aliphatic rings. The Morgan fingerprint density at radius 1 is 0.943 bits per heavy atom. The number of methoxy groups -OCH3 is 1. The van der Waals surface area contributed by atoms with Crippen molar-refractivity contribution in [1.29, 1.82) is 0 Å². The Labute approximate surface area is 206 Å². The molecule has 0 saturated carbocycles. The van der Waals surface area contributed by atoms with Crippen LogP contribution in [0.25, 0.3) is 0 Å². The maximum atomic E-state index is 13.8. The van der Waals surface area contributed by atoms with Gasteiger partial charge in [0.15, 0.2) is 0 Å². The minimum Gasteiger partial charge on any atom is -0.469 e. The highest BCUT2D eigenvalue weighted by molar-refractivity contribution is 5.69. The van der Waals surface area contributed by atoms with Crippen molar-refractivity contribution in [2.45, 2.75) is 37.4 Å². The van der Waals surface area contributed by atoms with E-state index in [2.05, 4.69) is 48.6 Å². The third-order valence-electron chi connectivity index (χ3n) is 6.55. The fraction of sp³-hybridized carbons (Fsp3) is 0.258. The zero-order chi connectivity index (χ0) is 24.5. The Bertz CT molecular complexity index is 1100. The number of halogens is 1. The van der Waals surface area contributed by atoms with E-state index in [1.807, 2.05) is 36.4 Å². The number of rotatable bonds is 10. The van der Waals surface area contributed by atoms with Crippen molar-refractivity contribution in [2.75, 3.05) is 7.11 Å². The summed E-state index contributed by atoms with van der Waals surface area (Å²) >= 11 is 0. The van der Waals surface area contributed by atoms with E-state index in [1.165, 1.54) is 19.2 Å². The predicted molar refractivity (Wildman–Crippen MR) is 136 cm³/mol. The van der Waals surface area contributed by atoms with E-state index in [4.69, 9.17) is 9.47 Å². The Balaban J connectivity index is 1.82. The van der Waals surface area contributed by atoms with E-state index in [0.29, 0.717) is 19.3 Å². The molecule has 1 unspecified atom stereocenters. The summed E-state index contributed by atoms with van der Waals surface area (Å²) in [6.45, 7) is 0. The molecule has 4 heteroatoms. The van der Waals surface area contributed by atoms with Gasteiger partial charge in [-0.25, -0.2) is 4.39 Å². The minimum absolute atomic E-state index is 0.0425. The molecule has 35 heavy (non-hydrogen) atoms. The van der Waals surface area contributed by atoms with Crippen LogP contribution in [0.1, 0.15) is 48.5 Å². The van der Waals surface area contributed by atoms with E-state index in [0.717, 1.165) is 23.1 Å². The van der Waals surface area contributed by atoms with E-state index in [-0.39, 0.29) is 23.8 Å². The zero-order valence-corrected chi connectivity index (χ0v) is 20.0. The molecule has 0 fully saturated rings. The standard InChI is InChI=1S/C31H31FO3/c1-34-30(33)19-11-18-29(24-20-22-28(32)23-21-24)35-31(25-12-5-2-6-13-25,26-14-7-3-8-15-26)27-16-9-4-10-17-27/h2-10,12-16,20-23,27,29H,11,17-19H2,1H3/t27?,29-/m0/s1. The number of hydrogen-bond donors (Lipinski definition) is 0. The lowest BCUT2D eigenvalue weighted by molar-refractivity contribution is -0.141. The van der Waals surface area contributed by atoms with Crippen molar-refractivity contribution >= 4 is 5.97 Å². The zero-order valence-electron chi connectivity index (χ0n) is 20.0. The highest BCUT2D eigenvalue weighted by Gasteiger charge is 2.44. The number of esters is 1. The second kappa shape index (κ2) is 11.8.